The van der Waals surface area contributed by atoms with Crippen molar-refractivity contribution < 1.29 is 17.2 Å². The highest BCUT2D eigenvalue weighted by Gasteiger charge is 2.32. The van der Waals surface area contributed by atoms with Crippen LogP contribution in [0.2, 0.25) is 0 Å². The van der Waals surface area contributed by atoms with Gasteiger partial charge in [0.1, 0.15) is 16.5 Å². The highest BCUT2D eigenvalue weighted by Crippen LogP contribution is 2.27. The van der Waals surface area contributed by atoms with Gasteiger partial charge in [0.05, 0.1) is 17.2 Å². The molecule has 2 aromatic carbocycles. The second-order valence-electron chi connectivity index (χ2n) is 6.68. The Balaban J connectivity index is 1.57. The van der Waals surface area contributed by atoms with Crippen molar-refractivity contribution in [2.75, 3.05) is 13.1 Å². The maximum absolute atomic E-state index is 13.9. The quantitative estimate of drug-likeness (QED) is 0.672. The molecule has 0 radical (unpaired) electrons. The van der Waals surface area contributed by atoms with Crippen molar-refractivity contribution in [3.8, 4) is 0 Å². The van der Waals surface area contributed by atoms with Gasteiger partial charge in [0.2, 0.25) is 10.0 Å². The average molecular weight is 405 g/mol. The molecule has 4 rings (SSSR count). The fraction of sp³-hybridized carbons (Fsp3) is 0.263. The lowest BCUT2D eigenvalue weighted by atomic mass is 10.1. The Morgan fingerprint density at radius 1 is 1.04 bits per heavy atom. The highest BCUT2D eigenvalue weighted by molar-refractivity contribution is 7.89. The van der Waals surface area contributed by atoms with Gasteiger partial charge in [0, 0.05) is 25.2 Å². The van der Waals surface area contributed by atoms with Crippen molar-refractivity contribution in [2.45, 2.75) is 23.8 Å². The molecule has 6 nitrogen and oxygen atoms in total. The van der Waals surface area contributed by atoms with E-state index in [2.05, 4.69) is 4.98 Å². The third kappa shape index (κ3) is 3.20. The lowest BCUT2D eigenvalue weighted by Crippen LogP contribution is -2.41. The van der Waals surface area contributed by atoms with Crippen LogP contribution in [0.3, 0.4) is 0 Å². The summed E-state index contributed by atoms with van der Waals surface area (Å²) < 4.78 is 55.3. The van der Waals surface area contributed by atoms with Crippen molar-refractivity contribution in [1.82, 2.24) is 13.9 Å². The third-order valence-corrected chi connectivity index (χ3v) is 6.95. The summed E-state index contributed by atoms with van der Waals surface area (Å²) >= 11 is 0. The molecule has 28 heavy (non-hydrogen) atoms. The second-order valence-corrected chi connectivity index (χ2v) is 8.59. The summed E-state index contributed by atoms with van der Waals surface area (Å²) in [4.78, 5) is 16.5. The van der Waals surface area contributed by atoms with E-state index < -0.39 is 21.7 Å². The van der Waals surface area contributed by atoms with E-state index in [1.165, 1.54) is 51.6 Å². The van der Waals surface area contributed by atoms with Crippen LogP contribution in [-0.4, -0.2) is 35.4 Å². The van der Waals surface area contributed by atoms with Crippen LogP contribution in [0.25, 0.3) is 10.9 Å². The van der Waals surface area contributed by atoms with Crippen LogP contribution in [0.15, 0.2) is 58.5 Å². The normalized spacial score (nSPS) is 16.5. The summed E-state index contributed by atoms with van der Waals surface area (Å²) in [6.45, 7) is 0.324. The average Bonchev–Trinajstić information content (AvgIpc) is 2.68. The Bertz CT molecular complexity index is 1200. The monoisotopic (exact) mass is 405 g/mol. The van der Waals surface area contributed by atoms with Crippen LogP contribution in [0.4, 0.5) is 8.78 Å². The Morgan fingerprint density at radius 3 is 2.46 bits per heavy atom. The molecule has 0 aliphatic carbocycles. The first-order valence-corrected chi connectivity index (χ1v) is 10.2. The number of sulfonamides is 1. The zero-order valence-electron chi connectivity index (χ0n) is 14.8. The van der Waals surface area contributed by atoms with Gasteiger partial charge in [-0.05, 0) is 37.1 Å². The van der Waals surface area contributed by atoms with E-state index in [1.807, 2.05) is 0 Å². The fourth-order valence-electron chi connectivity index (χ4n) is 3.52. The minimum atomic E-state index is -3.93. The number of hydrogen-bond donors (Lipinski definition) is 0. The summed E-state index contributed by atoms with van der Waals surface area (Å²) in [5, 5.41) is 0.310. The van der Waals surface area contributed by atoms with Crippen LogP contribution in [0.1, 0.15) is 18.9 Å². The van der Waals surface area contributed by atoms with Crippen LogP contribution < -0.4 is 5.56 Å². The number of fused-ring (bicyclic) bond motifs is 1. The molecule has 0 bridgehead atoms. The first-order chi connectivity index (χ1) is 13.4. The maximum Gasteiger partial charge on any atom is 0.261 e. The van der Waals surface area contributed by atoms with E-state index >= 15 is 0 Å². The molecule has 1 fully saturated rings. The van der Waals surface area contributed by atoms with E-state index in [-0.39, 0.29) is 35.1 Å². The first kappa shape index (κ1) is 18.7. The molecule has 1 aliphatic rings. The number of hydrogen-bond acceptors (Lipinski definition) is 4. The Morgan fingerprint density at radius 2 is 1.75 bits per heavy atom. The van der Waals surface area contributed by atoms with Crippen molar-refractivity contribution in [3.63, 3.8) is 0 Å². The Kier molecular flexibility index (Phi) is 4.72. The lowest BCUT2D eigenvalue weighted by molar-refractivity contribution is 0.269. The van der Waals surface area contributed by atoms with E-state index in [4.69, 9.17) is 0 Å². The van der Waals surface area contributed by atoms with Gasteiger partial charge in [-0.15, -0.1) is 0 Å². The van der Waals surface area contributed by atoms with E-state index in [1.54, 1.807) is 0 Å². The molecule has 1 aromatic heterocycles. The van der Waals surface area contributed by atoms with Crippen LogP contribution in [0.5, 0.6) is 0 Å². The van der Waals surface area contributed by atoms with Crippen LogP contribution in [-0.2, 0) is 10.0 Å². The summed E-state index contributed by atoms with van der Waals surface area (Å²) in [7, 11) is -3.93. The molecule has 146 valence electrons. The van der Waals surface area contributed by atoms with Crippen molar-refractivity contribution in [1.29, 1.82) is 0 Å². The Labute approximate surface area is 160 Å². The minimum Gasteiger partial charge on any atom is -0.296 e. The molecular weight excluding hydrogens is 388 g/mol. The smallest absolute Gasteiger partial charge is 0.261 e. The topological polar surface area (TPSA) is 72.3 Å². The molecule has 1 aliphatic heterocycles. The molecule has 0 amide bonds. The molecule has 1 saturated heterocycles. The predicted octanol–water partition coefficient (Wildman–Crippen LogP) is 2.70. The summed E-state index contributed by atoms with van der Waals surface area (Å²) in [6, 6.07) is 8.84. The molecule has 9 heteroatoms. The largest absolute Gasteiger partial charge is 0.296 e. The number of piperidine rings is 1. The number of benzene rings is 2. The third-order valence-electron chi connectivity index (χ3n) is 5.02. The first-order valence-electron chi connectivity index (χ1n) is 8.79. The molecule has 0 N–H and O–H groups in total. The molecule has 0 spiro atoms. The van der Waals surface area contributed by atoms with E-state index in [0.717, 1.165) is 6.07 Å². The van der Waals surface area contributed by atoms with Gasteiger partial charge in [0.15, 0.2) is 0 Å². The van der Waals surface area contributed by atoms with Gasteiger partial charge < -0.3 is 0 Å². The van der Waals surface area contributed by atoms with Gasteiger partial charge in [-0.3, -0.25) is 9.36 Å². The second kappa shape index (κ2) is 7.06. The fourth-order valence-corrected chi connectivity index (χ4v) is 5.06. The molecule has 2 heterocycles. The van der Waals surface area contributed by atoms with Gasteiger partial charge >= 0.3 is 0 Å². The van der Waals surface area contributed by atoms with Gasteiger partial charge in [-0.2, -0.15) is 4.31 Å². The standard InChI is InChI=1S/C19H17F2N3O3S/c20-13-5-6-15-17(11-13)22-12-24(19(15)25)14-7-9-23(10-8-14)28(26,27)18-4-2-1-3-16(18)21/h1-6,11-12,14H,7-10H2. The van der Waals surface area contributed by atoms with E-state index in [0.29, 0.717) is 18.2 Å². The zero-order valence-corrected chi connectivity index (χ0v) is 15.6. The predicted molar refractivity (Wildman–Crippen MR) is 99.4 cm³/mol. The summed E-state index contributed by atoms with van der Waals surface area (Å²) in [6.07, 6.45) is 2.15. The number of halogens is 2. The van der Waals surface area contributed by atoms with Crippen molar-refractivity contribution >= 4 is 20.9 Å². The van der Waals surface area contributed by atoms with Crippen LogP contribution in [0, 0.1) is 11.6 Å². The number of rotatable bonds is 3. The Hall–Kier alpha value is -2.65. The van der Waals surface area contributed by atoms with Gasteiger partial charge in [-0.1, -0.05) is 12.1 Å². The van der Waals surface area contributed by atoms with Gasteiger partial charge in [0.25, 0.3) is 5.56 Å². The lowest BCUT2D eigenvalue weighted by Gasteiger charge is -2.32. The minimum absolute atomic E-state index is 0.162. The summed E-state index contributed by atoms with van der Waals surface area (Å²) in [5.74, 6) is -1.25. The molecule has 0 unspecified atom stereocenters. The maximum atomic E-state index is 13.9. The highest BCUT2D eigenvalue weighted by atomic mass is 32.2. The molecule has 0 atom stereocenters. The molecule has 3 aromatic rings. The van der Waals surface area contributed by atoms with E-state index in [9.17, 15) is 22.0 Å². The van der Waals surface area contributed by atoms with Crippen molar-refractivity contribution in [3.05, 3.63) is 70.8 Å². The zero-order chi connectivity index (χ0) is 19.9. The van der Waals surface area contributed by atoms with Gasteiger partial charge in [-0.25, -0.2) is 22.2 Å². The van der Waals surface area contributed by atoms with Crippen molar-refractivity contribution in [2.24, 2.45) is 0 Å². The van der Waals surface area contributed by atoms with Crippen LogP contribution >= 0.6 is 0 Å². The number of nitrogens with zero attached hydrogens (tertiary/aromatic N) is 3. The number of aromatic nitrogens is 2. The SMILES string of the molecule is O=c1c2ccc(F)cc2ncn1C1CCN(S(=O)(=O)c2ccccc2F)CC1. The summed E-state index contributed by atoms with van der Waals surface area (Å²) in [5.41, 5.74) is -0.0128. The molecule has 0 saturated carbocycles. The molecular formula is C19H17F2N3O3S.